The number of ether oxygens (including phenoxy) is 1. The van der Waals surface area contributed by atoms with Crippen molar-refractivity contribution in [2.75, 3.05) is 18.2 Å². The lowest BCUT2D eigenvalue weighted by Crippen LogP contribution is -2.16. The van der Waals surface area contributed by atoms with Crippen molar-refractivity contribution in [2.24, 2.45) is 0 Å². The van der Waals surface area contributed by atoms with Gasteiger partial charge in [0.05, 0.1) is 0 Å². The van der Waals surface area contributed by atoms with E-state index < -0.39 is 0 Å². The van der Waals surface area contributed by atoms with Crippen LogP contribution in [0.1, 0.15) is 31.5 Å². The molecule has 1 saturated carbocycles. The third-order valence-electron chi connectivity index (χ3n) is 2.77. The summed E-state index contributed by atoms with van der Waals surface area (Å²) >= 11 is 0. The van der Waals surface area contributed by atoms with Crippen LogP contribution in [0.3, 0.4) is 0 Å². The molecule has 1 aliphatic rings. The summed E-state index contributed by atoms with van der Waals surface area (Å²) < 4.78 is 5.00. The van der Waals surface area contributed by atoms with Crippen molar-refractivity contribution in [1.29, 1.82) is 0 Å². The Morgan fingerprint density at radius 1 is 1.44 bits per heavy atom. The quantitative estimate of drug-likeness (QED) is 0.808. The summed E-state index contributed by atoms with van der Waals surface area (Å²) in [6.07, 6.45) is 5.01. The predicted octanol–water partition coefficient (Wildman–Crippen LogP) is 1.56. The van der Waals surface area contributed by atoms with Crippen molar-refractivity contribution < 1.29 is 4.74 Å². The number of nitrogen functional groups attached to an aromatic ring is 1. The minimum absolute atomic E-state index is 0.393. The van der Waals surface area contributed by atoms with Crippen molar-refractivity contribution in [3.8, 4) is 0 Å². The van der Waals surface area contributed by atoms with Crippen molar-refractivity contribution in [2.45, 2.75) is 38.3 Å². The maximum atomic E-state index is 5.72. The van der Waals surface area contributed by atoms with Crippen LogP contribution in [-0.4, -0.2) is 23.1 Å². The van der Waals surface area contributed by atoms with E-state index in [1.165, 1.54) is 25.7 Å². The average Bonchev–Trinajstić information content (AvgIpc) is 2.70. The zero-order valence-electron chi connectivity index (χ0n) is 9.57. The highest BCUT2D eigenvalue weighted by Gasteiger charge is 2.15. The first-order valence-corrected chi connectivity index (χ1v) is 5.67. The van der Waals surface area contributed by atoms with Crippen LogP contribution in [0.4, 0.5) is 11.6 Å². The summed E-state index contributed by atoms with van der Waals surface area (Å²) in [7, 11) is 1.62. The van der Waals surface area contributed by atoms with Gasteiger partial charge in [0.25, 0.3) is 0 Å². The standard InChI is InChI=1S/C11H18N4O/c1-16-7-11-14-9(12)6-10(15-11)13-8-4-2-3-5-8/h6,8H,2-5,7H2,1H3,(H3,12,13,14,15). The molecule has 88 valence electrons. The van der Waals surface area contributed by atoms with E-state index in [-0.39, 0.29) is 0 Å². The van der Waals surface area contributed by atoms with Crippen LogP contribution in [-0.2, 0) is 11.3 Å². The molecule has 16 heavy (non-hydrogen) atoms. The molecule has 1 aromatic heterocycles. The van der Waals surface area contributed by atoms with Gasteiger partial charge >= 0.3 is 0 Å². The van der Waals surface area contributed by atoms with Gasteiger partial charge in [0, 0.05) is 19.2 Å². The number of rotatable bonds is 4. The fourth-order valence-electron chi connectivity index (χ4n) is 2.06. The Balaban J connectivity index is 2.06. The Kier molecular flexibility index (Phi) is 3.56. The van der Waals surface area contributed by atoms with Gasteiger partial charge in [0.15, 0.2) is 5.82 Å². The molecule has 0 amide bonds. The SMILES string of the molecule is COCc1nc(N)cc(NC2CCCC2)n1. The van der Waals surface area contributed by atoms with E-state index >= 15 is 0 Å². The van der Waals surface area contributed by atoms with E-state index in [2.05, 4.69) is 15.3 Å². The van der Waals surface area contributed by atoms with Crippen LogP contribution in [0.2, 0.25) is 0 Å². The molecule has 0 unspecified atom stereocenters. The molecule has 0 atom stereocenters. The first-order valence-electron chi connectivity index (χ1n) is 5.67. The number of nitrogens with zero attached hydrogens (tertiary/aromatic N) is 2. The van der Waals surface area contributed by atoms with Crippen molar-refractivity contribution in [3.63, 3.8) is 0 Å². The molecule has 0 spiro atoms. The van der Waals surface area contributed by atoms with Gasteiger partial charge in [0.1, 0.15) is 18.2 Å². The van der Waals surface area contributed by atoms with Crippen LogP contribution >= 0.6 is 0 Å². The second-order valence-electron chi connectivity index (χ2n) is 4.15. The molecule has 1 fully saturated rings. The van der Waals surface area contributed by atoms with E-state index in [4.69, 9.17) is 10.5 Å². The Hall–Kier alpha value is -1.36. The van der Waals surface area contributed by atoms with E-state index in [1.54, 1.807) is 13.2 Å². The minimum atomic E-state index is 0.393. The summed E-state index contributed by atoms with van der Waals surface area (Å²) in [6.45, 7) is 0.393. The number of nitrogens with one attached hydrogen (secondary N) is 1. The Bertz CT molecular complexity index is 350. The van der Waals surface area contributed by atoms with Gasteiger partial charge in [-0.2, -0.15) is 0 Å². The molecule has 5 nitrogen and oxygen atoms in total. The minimum Gasteiger partial charge on any atom is -0.384 e. The van der Waals surface area contributed by atoms with E-state index in [0.29, 0.717) is 24.3 Å². The third-order valence-corrected chi connectivity index (χ3v) is 2.77. The number of nitrogens with two attached hydrogens (primary N) is 1. The lowest BCUT2D eigenvalue weighted by atomic mass is 10.2. The summed E-state index contributed by atoms with van der Waals surface area (Å²) in [6, 6.07) is 2.31. The molecule has 0 radical (unpaired) electrons. The molecule has 1 heterocycles. The summed E-state index contributed by atoms with van der Waals surface area (Å²) in [5.41, 5.74) is 5.72. The summed E-state index contributed by atoms with van der Waals surface area (Å²) in [4.78, 5) is 8.46. The highest BCUT2D eigenvalue weighted by atomic mass is 16.5. The predicted molar refractivity (Wildman–Crippen MR) is 63.0 cm³/mol. The lowest BCUT2D eigenvalue weighted by molar-refractivity contribution is 0.178. The average molecular weight is 222 g/mol. The molecular formula is C11H18N4O. The molecule has 1 aliphatic carbocycles. The first-order chi connectivity index (χ1) is 7.78. The van der Waals surface area contributed by atoms with Crippen LogP contribution in [0.25, 0.3) is 0 Å². The van der Waals surface area contributed by atoms with Gasteiger partial charge in [-0.3, -0.25) is 0 Å². The molecular weight excluding hydrogens is 204 g/mol. The Morgan fingerprint density at radius 2 is 2.19 bits per heavy atom. The fraction of sp³-hybridized carbons (Fsp3) is 0.636. The van der Waals surface area contributed by atoms with Crippen LogP contribution < -0.4 is 11.1 Å². The number of anilines is 2. The monoisotopic (exact) mass is 222 g/mol. The smallest absolute Gasteiger partial charge is 0.158 e. The van der Waals surface area contributed by atoms with Crippen molar-refractivity contribution >= 4 is 11.6 Å². The van der Waals surface area contributed by atoms with Gasteiger partial charge in [-0.05, 0) is 12.8 Å². The summed E-state index contributed by atoms with van der Waals surface area (Å²) in [5, 5.41) is 3.39. The third kappa shape index (κ3) is 2.82. The molecule has 5 heteroatoms. The molecule has 0 aromatic carbocycles. The van der Waals surface area contributed by atoms with Gasteiger partial charge in [-0.25, -0.2) is 9.97 Å². The highest BCUT2D eigenvalue weighted by Crippen LogP contribution is 2.21. The van der Waals surface area contributed by atoms with E-state index in [9.17, 15) is 0 Å². The normalized spacial score (nSPS) is 16.6. The number of hydrogen-bond donors (Lipinski definition) is 2. The van der Waals surface area contributed by atoms with Crippen LogP contribution in [0.15, 0.2) is 6.07 Å². The Morgan fingerprint density at radius 3 is 2.88 bits per heavy atom. The second kappa shape index (κ2) is 5.12. The van der Waals surface area contributed by atoms with Gasteiger partial charge in [0.2, 0.25) is 0 Å². The maximum absolute atomic E-state index is 5.72. The second-order valence-corrected chi connectivity index (χ2v) is 4.15. The van der Waals surface area contributed by atoms with Crippen LogP contribution in [0, 0.1) is 0 Å². The largest absolute Gasteiger partial charge is 0.384 e. The lowest BCUT2D eigenvalue weighted by Gasteiger charge is -2.13. The van der Waals surface area contributed by atoms with Crippen molar-refractivity contribution in [3.05, 3.63) is 11.9 Å². The highest BCUT2D eigenvalue weighted by molar-refractivity contribution is 5.45. The topological polar surface area (TPSA) is 73.1 Å². The van der Waals surface area contributed by atoms with Gasteiger partial charge in [-0.1, -0.05) is 12.8 Å². The van der Waals surface area contributed by atoms with Crippen LogP contribution in [0.5, 0.6) is 0 Å². The van der Waals surface area contributed by atoms with E-state index in [1.807, 2.05) is 0 Å². The molecule has 0 aliphatic heterocycles. The molecule has 1 aromatic rings. The fourth-order valence-corrected chi connectivity index (χ4v) is 2.06. The molecule has 0 bridgehead atoms. The zero-order valence-corrected chi connectivity index (χ0v) is 9.57. The van der Waals surface area contributed by atoms with Gasteiger partial charge < -0.3 is 15.8 Å². The van der Waals surface area contributed by atoms with E-state index in [0.717, 1.165) is 5.82 Å². The first kappa shape index (κ1) is 11.1. The number of hydrogen-bond acceptors (Lipinski definition) is 5. The summed E-state index contributed by atoms with van der Waals surface area (Å²) in [5.74, 6) is 1.93. The molecule has 3 N–H and O–H groups in total. The molecule has 0 saturated heterocycles. The zero-order chi connectivity index (χ0) is 11.4. The van der Waals surface area contributed by atoms with Crippen molar-refractivity contribution in [1.82, 2.24) is 9.97 Å². The van der Waals surface area contributed by atoms with Gasteiger partial charge in [-0.15, -0.1) is 0 Å². The number of aromatic nitrogens is 2. The maximum Gasteiger partial charge on any atom is 0.158 e. The Labute approximate surface area is 95.4 Å². The molecule has 2 rings (SSSR count). The number of methoxy groups -OCH3 is 1.